The Bertz CT molecular complexity index is 1260. The Kier molecular flexibility index (Phi) is 5.93. The molecule has 4 atom stereocenters. The largest absolute Gasteiger partial charge is 0.451 e. The van der Waals surface area contributed by atoms with Gasteiger partial charge in [-0.05, 0) is 24.3 Å². The molecule has 0 N–H and O–H groups in total. The van der Waals surface area contributed by atoms with Crippen LogP contribution < -0.4 is 0 Å². The Hall–Kier alpha value is -5.14. The average Bonchev–Trinajstić information content (AvgIpc) is 3.32. The molecule has 36 heavy (non-hydrogen) atoms. The molecule has 0 amide bonds. The number of nitro groups is 2. The van der Waals surface area contributed by atoms with Gasteiger partial charge in [-0.2, -0.15) is 0 Å². The molecule has 2 aromatic carbocycles. The standard InChI is InChI=1S/C22H12N2O12/c25-15(9-1-5-11(6-2-9)23(31)32)13-17(27)21(29)35-19(13)20-14(18(28)22(30)36-20)16(26)10-3-7-12(8-4-10)24(33)34/h1-8,13-14,19-20H/t13-,14+,19-,20-/m0/s1. The lowest BCUT2D eigenvalue weighted by molar-refractivity contribution is -0.385. The summed E-state index contributed by atoms with van der Waals surface area (Å²) in [6.07, 6.45) is -3.68. The number of hydrogen-bond donors (Lipinski definition) is 0. The summed E-state index contributed by atoms with van der Waals surface area (Å²) >= 11 is 0. The van der Waals surface area contributed by atoms with Crippen LogP contribution in [-0.4, -0.2) is 57.1 Å². The lowest BCUT2D eigenvalue weighted by Crippen LogP contribution is -2.44. The molecule has 2 saturated heterocycles. The number of rotatable bonds is 7. The molecule has 2 fully saturated rings. The summed E-state index contributed by atoms with van der Waals surface area (Å²) < 4.78 is 9.90. The predicted molar refractivity (Wildman–Crippen MR) is 112 cm³/mol. The summed E-state index contributed by atoms with van der Waals surface area (Å²) in [6, 6.07) is 8.12. The number of carbonyl (C=O) groups excluding carboxylic acids is 6. The maximum Gasteiger partial charge on any atom is 0.376 e. The van der Waals surface area contributed by atoms with E-state index >= 15 is 0 Å². The number of cyclic esters (lactones) is 2. The minimum absolute atomic E-state index is 0.212. The van der Waals surface area contributed by atoms with Crippen molar-refractivity contribution in [1.82, 2.24) is 0 Å². The van der Waals surface area contributed by atoms with Gasteiger partial charge in [0.2, 0.25) is 0 Å². The Morgan fingerprint density at radius 3 is 1.19 bits per heavy atom. The summed E-state index contributed by atoms with van der Waals surface area (Å²) in [5.41, 5.74) is -1.12. The summed E-state index contributed by atoms with van der Waals surface area (Å²) in [6.45, 7) is 0. The number of hydrogen-bond acceptors (Lipinski definition) is 12. The van der Waals surface area contributed by atoms with Crippen LogP contribution in [0.2, 0.25) is 0 Å². The van der Waals surface area contributed by atoms with Gasteiger partial charge in [-0.15, -0.1) is 0 Å². The molecule has 2 aliphatic rings. The first-order valence-electron chi connectivity index (χ1n) is 10.1. The monoisotopic (exact) mass is 496 g/mol. The minimum Gasteiger partial charge on any atom is -0.451 e. The highest BCUT2D eigenvalue weighted by molar-refractivity contribution is 6.43. The van der Waals surface area contributed by atoms with Gasteiger partial charge in [0.1, 0.15) is 11.8 Å². The van der Waals surface area contributed by atoms with Gasteiger partial charge in [0.05, 0.1) is 9.85 Å². The van der Waals surface area contributed by atoms with Crippen LogP contribution in [0.5, 0.6) is 0 Å². The first-order valence-corrected chi connectivity index (χ1v) is 10.1. The molecule has 14 nitrogen and oxygen atoms in total. The number of ketones is 4. The van der Waals surface area contributed by atoms with Crippen molar-refractivity contribution in [2.75, 3.05) is 0 Å². The van der Waals surface area contributed by atoms with E-state index in [1.54, 1.807) is 0 Å². The van der Waals surface area contributed by atoms with Crippen molar-refractivity contribution in [2.24, 2.45) is 11.8 Å². The van der Waals surface area contributed by atoms with Crippen LogP contribution in [0.3, 0.4) is 0 Å². The Labute approximate surface area is 199 Å². The fourth-order valence-corrected chi connectivity index (χ4v) is 3.96. The van der Waals surface area contributed by atoms with Gasteiger partial charge in [-0.1, -0.05) is 0 Å². The molecule has 0 bridgehead atoms. The number of ether oxygens (including phenoxy) is 2. The summed E-state index contributed by atoms with van der Waals surface area (Å²) in [5, 5.41) is 21.7. The van der Waals surface area contributed by atoms with Gasteiger partial charge in [-0.25, -0.2) is 9.59 Å². The Morgan fingerprint density at radius 2 is 0.917 bits per heavy atom. The molecule has 2 aromatic rings. The number of carbonyl (C=O) groups is 6. The molecule has 0 spiro atoms. The summed E-state index contributed by atoms with van der Waals surface area (Å²) in [7, 11) is 0. The number of non-ortho nitro benzene ring substituents is 2. The normalized spacial score (nSPS) is 23.2. The van der Waals surface area contributed by atoms with Crippen LogP contribution in [-0.2, 0) is 28.7 Å². The molecule has 0 radical (unpaired) electrons. The molecular weight excluding hydrogens is 484 g/mol. The molecule has 0 aliphatic carbocycles. The second-order valence-electron chi connectivity index (χ2n) is 7.76. The Balaban J connectivity index is 1.68. The third-order valence-electron chi connectivity index (χ3n) is 5.72. The van der Waals surface area contributed by atoms with E-state index in [-0.39, 0.29) is 22.5 Å². The maximum absolute atomic E-state index is 13.1. The molecule has 182 valence electrons. The third kappa shape index (κ3) is 4.00. The molecular formula is C22H12N2O12. The van der Waals surface area contributed by atoms with Gasteiger partial charge >= 0.3 is 11.9 Å². The fraction of sp³-hybridized carbons (Fsp3) is 0.182. The zero-order valence-corrected chi connectivity index (χ0v) is 17.7. The highest BCUT2D eigenvalue weighted by atomic mass is 16.6. The first kappa shape index (κ1) is 24.0. The maximum atomic E-state index is 13.1. The zero-order valence-electron chi connectivity index (χ0n) is 17.7. The molecule has 2 aliphatic heterocycles. The molecule has 0 aromatic heterocycles. The van der Waals surface area contributed by atoms with Crippen LogP contribution in [0, 0.1) is 32.1 Å². The van der Waals surface area contributed by atoms with Crippen molar-refractivity contribution in [3.63, 3.8) is 0 Å². The van der Waals surface area contributed by atoms with Gasteiger partial charge < -0.3 is 9.47 Å². The first-order chi connectivity index (χ1) is 17.0. The van der Waals surface area contributed by atoms with Gasteiger partial charge in [0.25, 0.3) is 22.9 Å². The van der Waals surface area contributed by atoms with Crippen LogP contribution in [0.25, 0.3) is 0 Å². The van der Waals surface area contributed by atoms with Crippen molar-refractivity contribution < 1.29 is 48.1 Å². The van der Waals surface area contributed by atoms with Crippen LogP contribution >= 0.6 is 0 Å². The fourth-order valence-electron chi connectivity index (χ4n) is 3.96. The van der Waals surface area contributed by atoms with Gasteiger partial charge in [0.15, 0.2) is 23.8 Å². The Morgan fingerprint density at radius 1 is 0.611 bits per heavy atom. The van der Waals surface area contributed by atoms with Crippen molar-refractivity contribution in [1.29, 1.82) is 0 Å². The number of esters is 2. The summed E-state index contributed by atoms with van der Waals surface area (Å²) in [4.78, 5) is 95.5. The van der Waals surface area contributed by atoms with E-state index in [2.05, 4.69) is 0 Å². The molecule has 0 unspecified atom stereocenters. The van der Waals surface area contributed by atoms with Crippen LogP contribution in [0.15, 0.2) is 48.5 Å². The number of nitro benzene ring substituents is 2. The topological polar surface area (TPSA) is 207 Å². The van der Waals surface area contributed by atoms with Crippen LogP contribution in [0.4, 0.5) is 11.4 Å². The predicted octanol–water partition coefficient (Wildman–Crippen LogP) is 0.790. The van der Waals surface area contributed by atoms with Crippen molar-refractivity contribution >= 4 is 46.4 Å². The lowest BCUT2D eigenvalue weighted by Gasteiger charge is -2.24. The van der Waals surface area contributed by atoms with E-state index < -0.39 is 69.0 Å². The van der Waals surface area contributed by atoms with Crippen LogP contribution in [0.1, 0.15) is 20.7 Å². The minimum atomic E-state index is -1.91. The van der Waals surface area contributed by atoms with Crippen molar-refractivity contribution in [3.8, 4) is 0 Å². The highest BCUT2D eigenvalue weighted by Gasteiger charge is 2.60. The lowest BCUT2D eigenvalue weighted by atomic mass is 9.81. The van der Waals surface area contributed by atoms with E-state index in [1.807, 2.05) is 0 Å². The van der Waals surface area contributed by atoms with E-state index in [4.69, 9.17) is 9.47 Å². The molecule has 4 rings (SSSR count). The van der Waals surface area contributed by atoms with Gasteiger partial charge in [0, 0.05) is 35.4 Å². The van der Waals surface area contributed by atoms with Crippen molar-refractivity contribution in [2.45, 2.75) is 12.2 Å². The van der Waals surface area contributed by atoms with E-state index in [9.17, 15) is 49.0 Å². The van der Waals surface area contributed by atoms with Gasteiger partial charge in [-0.3, -0.25) is 39.4 Å². The smallest absolute Gasteiger partial charge is 0.376 e. The number of nitrogens with zero attached hydrogens (tertiary/aromatic N) is 2. The SMILES string of the molecule is O=C1O[C@H]([C@H]2OC(=O)C(=O)[C@H]2C(=O)c2ccc([N+](=O)[O-])cc2)[C@@H](C(=O)c2ccc([N+](=O)[O-])cc2)C1=O. The molecule has 2 heterocycles. The number of benzene rings is 2. The quantitative estimate of drug-likeness (QED) is 0.130. The molecule has 14 heteroatoms. The van der Waals surface area contributed by atoms with E-state index in [1.165, 1.54) is 0 Å². The number of Topliss-reactive ketones (excluding diaryl/α,β-unsaturated/α-hetero) is 4. The van der Waals surface area contributed by atoms with E-state index in [0.717, 1.165) is 48.5 Å². The van der Waals surface area contributed by atoms with Crippen molar-refractivity contribution in [3.05, 3.63) is 79.9 Å². The summed E-state index contributed by atoms with van der Waals surface area (Å²) in [5.74, 6) is -11.4. The second-order valence-corrected chi connectivity index (χ2v) is 7.76. The second kappa shape index (κ2) is 8.90. The average molecular weight is 496 g/mol. The molecule has 0 saturated carbocycles. The highest BCUT2D eigenvalue weighted by Crippen LogP contribution is 2.35. The van der Waals surface area contributed by atoms with E-state index in [0.29, 0.717) is 0 Å². The zero-order chi connectivity index (χ0) is 26.3. The third-order valence-corrected chi connectivity index (χ3v) is 5.72.